The van der Waals surface area contributed by atoms with Crippen molar-refractivity contribution in [1.29, 1.82) is 0 Å². The van der Waals surface area contributed by atoms with Crippen LogP contribution in [0.2, 0.25) is 5.02 Å². The third-order valence-corrected chi connectivity index (χ3v) is 3.07. The predicted octanol–water partition coefficient (Wildman–Crippen LogP) is 1.03. The molecule has 0 fully saturated rings. The van der Waals surface area contributed by atoms with Gasteiger partial charge in [-0.25, -0.2) is 8.42 Å². The first kappa shape index (κ1) is 9.51. The van der Waals surface area contributed by atoms with Crippen LogP contribution >= 0.6 is 11.6 Å². The van der Waals surface area contributed by atoms with Crippen molar-refractivity contribution in [1.82, 2.24) is 0 Å². The van der Waals surface area contributed by atoms with E-state index in [-0.39, 0.29) is 10.8 Å². The summed E-state index contributed by atoms with van der Waals surface area (Å²) < 4.78 is 22.3. The quantitative estimate of drug-likeness (QED) is 0.785. The van der Waals surface area contributed by atoms with E-state index in [9.17, 15) is 8.42 Å². The molecule has 0 aliphatic carbocycles. The molecule has 0 saturated heterocycles. The molecule has 66 valence electrons. The first-order valence-electron chi connectivity index (χ1n) is 3.24. The minimum Gasteiger partial charge on any atom is -0.317 e. The standard InChI is InChI=1S/C7H8ClNO2S/c8-6-1-3-7(4-2-6)12(10,11)5-9/h1-4H,5,9H2. The number of nitrogens with two attached hydrogens (primary N) is 1. The van der Waals surface area contributed by atoms with Crippen LogP contribution in [0.4, 0.5) is 0 Å². The summed E-state index contributed by atoms with van der Waals surface area (Å²) in [7, 11) is -3.30. The molecule has 2 N–H and O–H groups in total. The highest BCUT2D eigenvalue weighted by Crippen LogP contribution is 2.14. The van der Waals surface area contributed by atoms with Crippen LogP contribution in [-0.4, -0.2) is 14.3 Å². The lowest BCUT2D eigenvalue weighted by Crippen LogP contribution is -2.14. The molecule has 0 bridgehead atoms. The van der Waals surface area contributed by atoms with E-state index in [1.165, 1.54) is 24.3 Å². The van der Waals surface area contributed by atoms with Crippen molar-refractivity contribution in [3.05, 3.63) is 29.3 Å². The summed E-state index contributed by atoms with van der Waals surface area (Å²) in [5.41, 5.74) is 5.06. The molecule has 0 radical (unpaired) electrons. The van der Waals surface area contributed by atoms with E-state index >= 15 is 0 Å². The van der Waals surface area contributed by atoms with Gasteiger partial charge in [0.05, 0.1) is 4.90 Å². The fraction of sp³-hybridized carbons (Fsp3) is 0.143. The Morgan fingerprint density at radius 2 is 1.75 bits per heavy atom. The van der Waals surface area contributed by atoms with Crippen molar-refractivity contribution in [3.63, 3.8) is 0 Å². The molecule has 0 unspecified atom stereocenters. The van der Waals surface area contributed by atoms with Crippen LogP contribution in [0.15, 0.2) is 29.2 Å². The van der Waals surface area contributed by atoms with Crippen molar-refractivity contribution < 1.29 is 8.42 Å². The van der Waals surface area contributed by atoms with Gasteiger partial charge in [0, 0.05) is 5.02 Å². The zero-order chi connectivity index (χ0) is 9.19. The molecular weight excluding hydrogens is 198 g/mol. The molecule has 12 heavy (non-hydrogen) atoms. The maximum Gasteiger partial charge on any atom is 0.191 e. The number of benzene rings is 1. The van der Waals surface area contributed by atoms with E-state index < -0.39 is 9.84 Å². The van der Waals surface area contributed by atoms with Gasteiger partial charge in [-0.3, -0.25) is 0 Å². The lowest BCUT2D eigenvalue weighted by atomic mass is 10.4. The van der Waals surface area contributed by atoms with Crippen LogP contribution in [-0.2, 0) is 9.84 Å². The largest absolute Gasteiger partial charge is 0.317 e. The minimum atomic E-state index is -3.30. The van der Waals surface area contributed by atoms with E-state index in [0.29, 0.717) is 5.02 Å². The number of halogens is 1. The van der Waals surface area contributed by atoms with E-state index in [2.05, 4.69) is 0 Å². The first-order valence-corrected chi connectivity index (χ1v) is 5.27. The normalized spacial score (nSPS) is 11.5. The van der Waals surface area contributed by atoms with Gasteiger partial charge >= 0.3 is 0 Å². The van der Waals surface area contributed by atoms with Gasteiger partial charge in [0.25, 0.3) is 0 Å². The molecule has 0 saturated carbocycles. The monoisotopic (exact) mass is 205 g/mol. The predicted molar refractivity (Wildman–Crippen MR) is 47.7 cm³/mol. The summed E-state index contributed by atoms with van der Waals surface area (Å²) in [4.78, 5) is 0.203. The van der Waals surface area contributed by atoms with E-state index in [1.54, 1.807) is 0 Å². The Kier molecular flexibility index (Phi) is 2.72. The summed E-state index contributed by atoms with van der Waals surface area (Å²) in [5.74, 6) is -0.380. The first-order chi connectivity index (χ1) is 5.56. The van der Waals surface area contributed by atoms with Crippen molar-refractivity contribution in [3.8, 4) is 0 Å². The van der Waals surface area contributed by atoms with Crippen molar-refractivity contribution in [2.45, 2.75) is 4.90 Å². The third kappa shape index (κ3) is 1.97. The van der Waals surface area contributed by atoms with Gasteiger partial charge in [-0.15, -0.1) is 0 Å². The van der Waals surface area contributed by atoms with E-state index in [0.717, 1.165) is 0 Å². The van der Waals surface area contributed by atoms with Crippen molar-refractivity contribution >= 4 is 21.4 Å². The Morgan fingerprint density at radius 1 is 1.25 bits per heavy atom. The molecule has 1 aromatic rings. The van der Waals surface area contributed by atoms with Crippen LogP contribution in [0.3, 0.4) is 0 Å². The van der Waals surface area contributed by atoms with Gasteiger partial charge in [0.15, 0.2) is 9.84 Å². The molecule has 3 nitrogen and oxygen atoms in total. The topological polar surface area (TPSA) is 60.2 Å². The molecule has 0 atom stereocenters. The van der Waals surface area contributed by atoms with Crippen LogP contribution in [0, 0.1) is 0 Å². The number of sulfone groups is 1. The molecular formula is C7H8ClNO2S. The van der Waals surface area contributed by atoms with Crippen molar-refractivity contribution in [2.75, 3.05) is 5.88 Å². The number of rotatable bonds is 2. The Morgan fingerprint density at radius 3 is 2.17 bits per heavy atom. The summed E-state index contributed by atoms with van der Waals surface area (Å²) >= 11 is 5.58. The molecule has 1 rings (SSSR count). The second-order valence-corrected chi connectivity index (χ2v) is 4.71. The maximum absolute atomic E-state index is 11.1. The number of hydrogen-bond acceptors (Lipinski definition) is 3. The van der Waals surface area contributed by atoms with Crippen molar-refractivity contribution in [2.24, 2.45) is 5.73 Å². The molecule has 0 spiro atoms. The summed E-state index contributed by atoms with van der Waals surface area (Å²) in [6.45, 7) is 0. The summed E-state index contributed by atoms with van der Waals surface area (Å²) in [6, 6.07) is 5.91. The zero-order valence-electron chi connectivity index (χ0n) is 6.20. The zero-order valence-corrected chi connectivity index (χ0v) is 7.77. The highest BCUT2D eigenvalue weighted by Gasteiger charge is 2.10. The highest BCUT2D eigenvalue weighted by molar-refractivity contribution is 7.91. The second-order valence-electron chi connectivity index (χ2n) is 2.24. The van der Waals surface area contributed by atoms with Gasteiger partial charge in [0.2, 0.25) is 0 Å². The van der Waals surface area contributed by atoms with Gasteiger partial charge in [-0.1, -0.05) is 11.6 Å². The van der Waals surface area contributed by atoms with Crippen LogP contribution < -0.4 is 5.73 Å². The van der Waals surface area contributed by atoms with Gasteiger partial charge in [-0.05, 0) is 24.3 Å². The fourth-order valence-corrected chi connectivity index (χ4v) is 1.61. The number of hydrogen-bond donors (Lipinski definition) is 1. The lowest BCUT2D eigenvalue weighted by Gasteiger charge is -1.99. The molecule has 0 aliphatic rings. The Balaban J connectivity index is 3.14. The lowest BCUT2D eigenvalue weighted by molar-refractivity contribution is 0.596. The maximum atomic E-state index is 11.1. The smallest absolute Gasteiger partial charge is 0.191 e. The van der Waals surface area contributed by atoms with Crippen LogP contribution in [0.25, 0.3) is 0 Å². The average Bonchev–Trinajstić information content (AvgIpc) is 2.05. The van der Waals surface area contributed by atoms with Gasteiger partial charge in [0.1, 0.15) is 5.88 Å². The highest BCUT2D eigenvalue weighted by atomic mass is 35.5. The fourth-order valence-electron chi connectivity index (χ4n) is 0.738. The van der Waals surface area contributed by atoms with Crippen LogP contribution in [0.5, 0.6) is 0 Å². The second kappa shape index (κ2) is 3.43. The molecule has 0 amide bonds. The SMILES string of the molecule is NCS(=O)(=O)c1ccc(Cl)cc1. The minimum absolute atomic E-state index is 0.203. The molecule has 5 heteroatoms. The summed E-state index contributed by atoms with van der Waals surface area (Å²) in [6.07, 6.45) is 0. The third-order valence-electron chi connectivity index (χ3n) is 1.39. The van der Waals surface area contributed by atoms with Gasteiger partial charge < -0.3 is 5.73 Å². The molecule has 0 aromatic heterocycles. The molecule has 0 heterocycles. The average molecular weight is 206 g/mol. The van der Waals surface area contributed by atoms with Gasteiger partial charge in [-0.2, -0.15) is 0 Å². The summed E-state index contributed by atoms with van der Waals surface area (Å²) in [5, 5.41) is 0.506. The molecule has 1 aromatic carbocycles. The Hall–Kier alpha value is -0.580. The Bertz CT molecular complexity index is 357. The van der Waals surface area contributed by atoms with E-state index in [1.807, 2.05) is 0 Å². The van der Waals surface area contributed by atoms with Crippen LogP contribution in [0.1, 0.15) is 0 Å². The molecule has 0 aliphatic heterocycles. The van der Waals surface area contributed by atoms with E-state index in [4.69, 9.17) is 17.3 Å². The Labute approximate surface area is 76.1 Å².